The molecule has 0 aliphatic heterocycles. The van der Waals surface area contributed by atoms with Crippen LogP contribution in [0.1, 0.15) is 12.0 Å². The molecular weight excluding hydrogens is 263 g/mol. The topological polar surface area (TPSA) is 67.4 Å². The molecule has 1 aromatic carbocycles. The van der Waals surface area contributed by atoms with Crippen LogP contribution in [-0.4, -0.2) is 38.6 Å². The van der Waals surface area contributed by atoms with Crippen molar-refractivity contribution in [2.75, 3.05) is 26.8 Å². The van der Waals surface area contributed by atoms with Gasteiger partial charge in [0, 0.05) is 20.3 Å². The first kappa shape index (κ1) is 16.1. The second-order valence-electron chi connectivity index (χ2n) is 4.28. The maximum atomic E-state index is 12.7. The highest BCUT2D eigenvalue weighted by molar-refractivity contribution is 5.85. The van der Waals surface area contributed by atoms with Crippen LogP contribution in [0.2, 0.25) is 0 Å². The van der Waals surface area contributed by atoms with Gasteiger partial charge >= 0.3 is 0 Å². The lowest BCUT2D eigenvalue weighted by Crippen LogP contribution is -2.38. The van der Waals surface area contributed by atoms with Crippen molar-refractivity contribution in [3.05, 3.63) is 35.6 Å². The molecule has 0 saturated heterocycles. The highest BCUT2D eigenvalue weighted by atomic mass is 19.1. The van der Waals surface area contributed by atoms with Crippen molar-refractivity contribution in [1.82, 2.24) is 10.6 Å². The number of benzene rings is 1. The molecular formula is C14H19FN2O3. The number of amides is 2. The Balaban J connectivity index is 2.19. The maximum Gasteiger partial charge on any atom is 0.239 e. The third-order valence-electron chi connectivity index (χ3n) is 2.57. The Bertz CT molecular complexity index is 435. The molecule has 6 heteroatoms. The summed E-state index contributed by atoms with van der Waals surface area (Å²) in [6.07, 6.45) is 0.850. The van der Waals surface area contributed by atoms with E-state index >= 15 is 0 Å². The average molecular weight is 282 g/mol. The van der Waals surface area contributed by atoms with E-state index in [1.54, 1.807) is 19.2 Å². The zero-order valence-electron chi connectivity index (χ0n) is 11.4. The van der Waals surface area contributed by atoms with Crippen LogP contribution in [-0.2, 0) is 20.7 Å². The van der Waals surface area contributed by atoms with Gasteiger partial charge in [0.25, 0.3) is 0 Å². The van der Waals surface area contributed by atoms with Crippen molar-refractivity contribution in [3.8, 4) is 0 Å². The zero-order chi connectivity index (χ0) is 14.8. The third-order valence-corrected chi connectivity index (χ3v) is 2.57. The smallest absolute Gasteiger partial charge is 0.239 e. The van der Waals surface area contributed by atoms with Crippen LogP contribution in [0.5, 0.6) is 0 Å². The van der Waals surface area contributed by atoms with E-state index < -0.39 is 0 Å². The summed E-state index contributed by atoms with van der Waals surface area (Å²) < 4.78 is 17.5. The molecule has 1 aromatic rings. The molecule has 0 saturated carbocycles. The van der Waals surface area contributed by atoms with E-state index in [4.69, 9.17) is 4.74 Å². The van der Waals surface area contributed by atoms with E-state index in [2.05, 4.69) is 10.6 Å². The van der Waals surface area contributed by atoms with Crippen LogP contribution in [0.15, 0.2) is 24.3 Å². The first-order chi connectivity index (χ1) is 9.61. The number of methoxy groups -OCH3 is 1. The molecule has 0 spiro atoms. The van der Waals surface area contributed by atoms with Crippen LogP contribution in [0.4, 0.5) is 4.39 Å². The lowest BCUT2D eigenvalue weighted by Gasteiger charge is -2.07. The summed E-state index contributed by atoms with van der Waals surface area (Å²) in [5, 5.41) is 5.17. The molecule has 2 N–H and O–H groups in total. The number of hydrogen-bond donors (Lipinski definition) is 2. The van der Waals surface area contributed by atoms with Crippen molar-refractivity contribution >= 4 is 11.8 Å². The monoisotopic (exact) mass is 282 g/mol. The molecule has 0 fully saturated rings. The van der Waals surface area contributed by atoms with Crippen LogP contribution in [0.3, 0.4) is 0 Å². The van der Waals surface area contributed by atoms with Crippen molar-refractivity contribution in [2.45, 2.75) is 12.8 Å². The Morgan fingerprint density at radius 2 is 1.85 bits per heavy atom. The molecule has 0 bridgehead atoms. The Hall–Kier alpha value is -1.95. The van der Waals surface area contributed by atoms with Gasteiger partial charge in [0.15, 0.2) is 0 Å². The summed E-state index contributed by atoms with van der Waals surface area (Å²) in [7, 11) is 1.59. The van der Waals surface area contributed by atoms with E-state index in [0.29, 0.717) is 18.7 Å². The third kappa shape index (κ3) is 6.84. The number of rotatable bonds is 8. The quantitative estimate of drug-likeness (QED) is 0.688. The molecule has 0 radical (unpaired) electrons. The van der Waals surface area contributed by atoms with Crippen LogP contribution in [0, 0.1) is 5.82 Å². The minimum atomic E-state index is -0.343. The Kier molecular flexibility index (Phi) is 7.27. The summed E-state index contributed by atoms with van der Waals surface area (Å²) in [4.78, 5) is 23.0. The largest absolute Gasteiger partial charge is 0.385 e. The second-order valence-corrected chi connectivity index (χ2v) is 4.28. The molecule has 0 aliphatic carbocycles. The van der Waals surface area contributed by atoms with E-state index in [0.717, 1.165) is 6.42 Å². The number of carbonyl (C=O) groups is 2. The summed E-state index contributed by atoms with van der Waals surface area (Å²) >= 11 is 0. The molecule has 0 aromatic heterocycles. The minimum Gasteiger partial charge on any atom is -0.385 e. The summed E-state index contributed by atoms with van der Waals surface area (Å²) in [6, 6.07) is 5.68. The molecule has 5 nitrogen and oxygen atoms in total. The van der Waals surface area contributed by atoms with Crippen LogP contribution >= 0.6 is 0 Å². The molecule has 2 amide bonds. The number of hydrogen-bond acceptors (Lipinski definition) is 3. The van der Waals surface area contributed by atoms with Gasteiger partial charge in [-0.15, -0.1) is 0 Å². The van der Waals surface area contributed by atoms with Crippen molar-refractivity contribution in [2.24, 2.45) is 0 Å². The summed E-state index contributed by atoms with van der Waals surface area (Å²) in [6.45, 7) is 1.03. The first-order valence-corrected chi connectivity index (χ1v) is 6.38. The van der Waals surface area contributed by atoms with Crippen molar-refractivity contribution in [1.29, 1.82) is 0 Å². The number of carbonyl (C=O) groups excluding carboxylic acids is 2. The summed E-state index contributed by atoms with van der Waals surface area (Å²) in [5.74, 6) is -0.859. The van der Waals surface area contributed by atoms with E-state index in [1.807, 2.05) is 0 Å². The van der Waals surface area contributed by atoms with Gasteiger partial charge in [-0.05, 0) is 24.1 Å². The van der Waals surface area contributed by atoms with E-state index in [-0.39, 0.29) is 30.6 Å². The maximum absolute atomic E-state index is 12.7. The summed E-state index contributed by atoms with van der Waals surface area (Å²) in [5.41, 5.74) is 0.699. The Morgan fingerprint density at radius 3 is 2.50 bits per heavy atom. The Morgan fingerprint density at radius 1 is 1.15 bits per heavy atom. The predicted octanol–water partition coefficient (Wildman–Crippen LogP) is 0.637. The standard InChI is InChI=1S/C14H19FN2O3/c1-20-8-2-7-16-14(19)10-17-13(18)9-11-3-5-12(15)6-4-11/h3-6H,2,7-10H2,1H3,(H,16,19)(H,17,18). The number of nitrogens with one attached hydrogen (secondary N) is 2. The molecule has 0 aliphatic rings. The predicted molar refractivity (Wildman–Crippen MR) is 72.6 cm³/mol. The zero-order valence-corrected chi connectivity index (χ0v) is 11.4. The van der Waals surface area contributed by atoms with Gasteiger partial charge in [0.1, 0.15) is 5.82 Å². The molecule has 20 heavy (non-hydrogen) atoms. The highest BCUT2D eigenvalue weighted by Crippen LogP contribution is 2.03. The van der Waals surface area contributed by atoms with E-state index in [9.17, 15) is 14.0 Å². The normalized spacial score (nSPS) is 10.1. The molecule has 0 heterocycles. The van der Waals surface area contributed by atoms with Gasteiger partial charge in [-0.3, -0.25) is 9.59 Å². The fourth-order valence-electron chi connectivity index (χ4n) is 1.54. The van der Waals surface area contributed by atoms with Crippen LogP contribution < -0.4 is 10.6 Å². The SMILES string of the molecule is COCCCNC(=O)CNC(=O)Cc1ccc(F)cc1. The molecule has 0 atom stereocenters. The van der Waals surface area contributed by atoms with Crippen LogP contribution in [0.25, 0.3) is 0 Å². The second kappa shape index (κ2) is 9.03. The van der Waals surface area contributed by atoms with Gasteiger partial charge in [-0.1, -0.05) is 12.1 Å². The van der Waals surface area contributed by atoms with Gasteiger partial charge in [0.2, 0.25) is 11.8 Å². The molecule has 1 rings (SSSR count). The fourth-order valence-corrected chi connectivity index (χ4v) is 1.54. The number of halogens is 1. The van der Waals surface area contributed by atoms with E-state index in [1.165, 1.54) is 12.1 Å². The van der Waals surface area contributed by atoms with Crippen molar-refractivity contribution in [3.63, 3.8) is 0 Å². The first-order valence-electron chi connectivity index (χ1n) is 6.38. The lowest BCUT2D eigenvalue weighted by molar-refractivity contribution is -0.125. The van der Waals surface area contributed by atoms with Crippen molar-refractivity contribution < 1.29 is 18.7 Å². The van der Waals surface area contributed by atoms with Gasteiger partial charge in [0.05, 0.1) is 13.0 Å². The van der Waals surface area contributed by atoms with Gasteiger partial charge in [-0.2, -0.15) is 0 Å². The fraction of sp³-hybridized carbons (Fsp3) is 0.429. The van der Waals surface area contributed by atoms with Gasteiger partial charge < -0.3 is 15.4 Å². The molecule has 110 valence electrons. The lowest BCUT2D eigenvalue weighted by atomic mass is 10.1. The Labute approximate surface area is 117 Å². The molecule has 0 unspecified atom stereocenters. The average Bonchev–Trinajstić information content (AvgIpc) is 2.44. The highest BCUT2D eigenvalue weighted by Gasteiger charge is 2.06. The minimum absolute atomic E-state index is 0.0625. The number of ether oxygens (including phenoxy) is 1. The van der Waals surface area contributed by atoms with Gasteiger partial charge in [-0.25, -0.2) is 4.39 Å².